The maximum absolute atomic E-state index is 3.95. The first kappa shape index (κ1) is 9.53. The second kappa shape index (κ2) is 4.46. The van der Waals surface area contributed by atoms with Crippen molar-refractivity contribution in [2.45, 2.75) is 6.92 Å². The van der Waals surface area contributed by atoms with E-state index in [4.69, 9.17) is 0 Å². The summed E-state index contributed by atoms with van der Waals surface area (Å²) in [7, 11) is 0. The fourth-order valence-corrected chi connectivity index (χ4v) is 1.11. The average molecular weight is 170 g/mol. The van der Waals surface area contributed by atoms with Crippen molar-refractivity contribution in [3.05, 3.63) is 59.0 Å². The molecule has 1 rings (SSSR count). The van der Waals surface area contributed by atoms with Crippen LogP contribution < -0.4 is 10.4 Å². The Kier molecular flexibility index (Phi) is 3.27. The third-order valence-corrected chi connectivity index (χ3v) is 1.95. The lowest BCUT2D eigenvalue weighted by molar-refractivity contribution is 1.52. The van der Waals surface area contributed by atoms with Gasteiger partial charge in [0.25, 0.3) is 0 Å². The summed E-state index contributed by atoms with van der Waals surface area (Å²) in [5, 5.41) is 2.19. The summed E-state index contributed by atoms with van der Waals surface area (Å²) < 4.78 is 0. The highest BCUT2D eigenvalue weighted by Gasteiger charge is 1.83. The highest BCUT2D eigenvalue weighted by Crippen LogP contribution is 1.95. The van der Waals surface area contributed by atoms with Crippen LogP contribution in [-0.2, 0) is 0 Å². The van der Waals surface area contributed by atoms with Gasteiger partial charge in [0.2, 0.25) is 0 Å². The molecule has 0 aliphatic carbocycles. The van der Waals surface area contributed by atoms with E-state index in [1.165, 1.54) is 0 Å². The van der Waals surface area contributed by atoms with Crippen molar-refractivity contribution in [3.63, 3.8) is 0 Å². The van der Waals surface area contributed by atoms with Gasteiger partial charge in [0.05, 0.1) is 0 Å². The molecule has 0 aliphatic heterocycles. The van der Waals surface area contributed by atoms with Gasteiger partial charge in [-0.05, 0) is 29.0 Å². The predicted octanol–water partition coefficient (Wildman–Crippen LogP) is 2.01. The largest absolute Gasteiger partial charge is 0.0985 e. The molecule has 0 aromatic heterocycles. The number of rotatable bonds is 2. The van der Waals surface area contributed by atoms with Crippen molar-refractivity contribution >= 4 is 12.7 Å². The standard InChI is InChI=1S/C13H14/c1-4-12(5-2)10-13-9-7-6-8-11(13)3/h4-10H,1,3H2,2H3/b12-5-,13-10-. The maximum Gasteiger partial charge on any atom is -0.0184 e. The molecule has 0 nitrogen and oxygen atoms in total. The topological polar surface area (TPSA) is 0 Å². The van der Waals surface area contributed by atoms with E-state index in [-0.39, 0.29) is 0 Å². The number of hydrogen-bond donors (Lipinski definition) is 0. The molecule has 0 atom stereocenters. The van der Waals surface area contributed by atoms with Crippen molar-refractivity contribution in [1.29, 1.82) is 0 Å². The Morgan fingerprint density at radius 3 is 2.54 bits per heavy atom. The van der Waals surface area contributed by atoms with Crippen LogP contribution in [0.15, 0.2) is 48.6 Å². The summed E-state index contributed by atoms with van der Waals surface area (Å²) in [6.07, 6.45) is 5.95. The first-order valence-electron chi connectivity index (χ1n) is 4.32. The Labute approximate surface area is 79.2 Å². The second-order valence-electron chi connectivity index (χ2n) is 2.84. The van der Waals surface area contributed by atoms with Gasteiger partial charge in [-0.25, -0.2) is 0 Å². The molecule has 0 heterocycles. The van der Waals surface area contributed by atoms with E-state index in [9.17, 15) is 0 Å². The van der Waals surface area contributed by atoms with Crippen molar-refractivity contribution in [1.82, 2.24) is 0 Å². The summed E-state index contributed by atoms with van der Waals surface area (Å²) in [5.74, 6) is 0. The van der Waals surface area contributed by atoms with E-state index in [1.807, 2.05) is 37.3 Å². The predicted molar refractivity (Wildman–Crippen MR) is 59.6 cm³/mol. The summed E-state index contributed by atoms with van der Waals surface area (Å²) >= 11 is 0. The molecular weight excluding hydrogens is 156 g/mol. The molecule has 0 aliphatic rings. The SMILES string of the molecule is C=CC(=C/C)/C=c1/ccccc1=C. The molecule has 66 valence electrons. The van der Waals surface area contributed by atoms with Gasteiger partial charge < -0.3 is 0 Å². The average Bonchev–Trinajstić information content (AvgIpc) is 2.17. The van der Waals surface area contributed by atoms with Crippen LogP contribution in [0.4, 0.5) is 0 Å². The highest BCUT2D eigenvalue weighted by molar-refractivity contribution is 5.52. The molecule has 0 unspecified atom stereocenters. The van der Waals surface area contributed by atoms with Crippen LogP contribution in [0.2, 0.25) is 0 Å². The minimum Gasteiger partial charge on any atom is -0.0985 e. The van der Waals surface area contributed by atoms with Crippen molar-refractivity contribution in [2.75, 3.05) is 0 Å². The lowest BCUT2D eigenvalue weighted by Crippen LogP contribution is -2.21. The third kappa shape index (κ3) is 2.45. The van der Waals surface area contributed by atoms with Gasteiger partial charge in [0.15, 0.2) is 0 Å². The molecule has 0 radical (unpaired) electrons. The molecule has 0 fully saturated rings. The van der Waals surface area contributed by atoms with E-state index >= 15 is 0 Å². The minimum atomic E-state index is 1.05. The fourth-order valence-electron chi connectivity index (χ4n) is 1.11. The molecule has 0 saturated carbocycles. The summed E-state index contributed by atoms with van der Waals surface area (Å²) in [6.45, 7) is 9.69. The van der Waals surface area contributed by atoms with E-state index < -0.39 is 0 Å². The van der Waals surface area contributed by atoms with Gasteiger partial charge in [0, 0.05) is 0 Å². The Bertz CT molecular complexity index is 422. The van der Waals surface area contributed by atoms with Crippen LogP contribution in [0.1, 0.15) is 6.92 Å². The zero-order chi connectivity index (χ0) is 9.68. The van der Waals surface area contributed by atoms with Crippen LogP contribution in [0.3, 0.4) is 0 Å². The van der Waals surface area contributed by atoms with Gasteiger partial charge >= 0.3 is 0 Å². The van der Waals surface area contributed by atoms with E-state index in [2.05, 4.69) is 25.3 Å². The fraction of sp³-hybridized carbons (Fsp3) is 0.0769. The monoisotopic (exact) mass is 170 g/mol. The highest BCUT2D eigenvalue weighted by atomic mass is 13.9. The minimum absolute atomic E-state index is 1.05. The van der Waals surface area contributed by atoms with E-state index in [1.54, 1.807) is 0 Å². The van der Waals surface area contributed by atoms with E-state index in [0.29, 0.717) is 0 Å². The molecule has 0 heteroatoms. The molecule has 0 spiro atoms. The molecule has 0 N–H and O–H groups in total. The molecule has 0 amide bonds. The number of allylic oxidation sites excluding steroid dienone is 3. The molecule has 1 aromatic rings. The van der Waals surface area contributed by atoms with Crippen LogP contribution >= 0.6 is 0 Å². The van der Waals surface area contributed by atoms with Crippen LogP contribution in [0, 0.1) is 0 Å². The lowest BCUT2D eigenvalue weighted by Gasteiger charge is -1.91. The van der Waals surface area contributed by atoms with Crippen LogP contribution in [0.25, 0.3) is 12.7 Å². The Balaban J connectivity index is 3.30. The van der Waals surface area contributed by atoms with Crippen molar-refractivity contribution < 1.29 is 0 Å². The maximum atomic E-state index is 3.95. The molecule has 0 bridgehead atoms. The summed E-state index contributed by atoms with van der Waals surface area (Å²) in [4.78, 5) is 0. The summed E-state index contributed by atoms with van der Waals surface area (Å²) in [5.41, 5.74) is 1.12. The van der Waals surface area contributed by atoms with Crippen LogP contribution in [0.5, 0.6) is 0 Å². The molecule has 1 aromatic carbocycles. The molecule has 13 heavy (non-hydrogen) atoms. The second-order valence-corrected chi connectivity index (χ2v) is 2.84. The molecular formula is C13H14. The van der Waals surface area contributed by atoms with E-state index in [0.717, 1.165) is 16.0 Å². The number of hydrogen-bond acceptors (Lipinski definition) is 0. The first-order valence-corrected chi connectivity index (χ1v) is 4.32. The zero-order valence-corrected chi connectivity index (χ0v) is 7.96. The summed E-state index contributed by atoms with van der Waals surface area (Å²) in [6, 6.07) is 8.05. The third-order valence-electron chi connectivity index (χ3n) is 1.95. The quantitative estimate of drug-likeness (QED) is 0.596. The van der Waals surface area contributed by atoms with Gasteiger partial charge in [-0.3, -0.25) is 0 Å². The zero-order valence-electron chi connectivity index (χ0n) is 7.96. The Hall–Kier alpha value is -1.56. The first-order chi connectivity index (χ1) is 6.27. The molecule has 0 saturated heterocycles. The number of benzene rings is 1. The van der Waals surface area contributed by atoms with Gasteiger partial charge in [-0.15, -0.1) is 0 Å². The normalized spacial score (nSPS) is 13.0. The Morgan fingerprint density at radius 2 is 2.00 bits per heavy atom. The smallest absolute Gasteiger partial charge is 0.0184 e. The van der Waals surface area contributed by atoms with Crippen molar-refractivity contribution in [2.24, 2.45) is 0 Å². The van der Waals surface area contributed by atoms with Crippen LogP contribution in [-0.4, -0.2) is 0 Å². The van der Waals surface area contributed by atoms with Gasteiger partial charge in [0.1, 0.15) is 0 Å². The van der Waals surface area contributed by atoms with Gasteiger partial charge in [-0.1, -0.05) is 49.6 Å². The van der Waals surface area contributed by atoms with Gasteiger partial charge in [-0.2, -0.15) is 0 Å². The van der Waals surface area contributed by atoms with Crippen molar-refractivity contribution in [3.8, 4) is 0 Å². The lowest BCUT2D eigenvalue weighted by atomic mass is 10.1. The Morgan fingerprint density at radius 1 is 1.31 bits per heavy atom.